The van der Waals surface area contributed by atoms with Crippen molar-refractivity contribution in [1.29, 1.82) is 0 Å². The van der Waals surface area contributed by atoms with Crippen LogP contribution < -0.4 is 5.32 Å². The fourth-order valence-electron chi connectivity index (χ4n) is 3.56. The van der Waals surface area contributed by atoms with Crippen molar-refractivity contribution in [2.75, 3.05) is 6.54 Å². The smallest absolute Gasteiger partial charge is 0.243 e. The molecule has 0 saturated carbocycles. The van der Waals surface area contributed by atoms with E-state index in [0.29, 0.717) is 24.5 Å². The van der Waals surface area contributed by atoms with Gasteiger partial charge in [0.05, 0.1) is 6.42 Å². The number of nitrogens with zero attached hydrogens (tertiary/aromatic N) is 1. The Hall–Kier alpha value is -2.63. The fourth-order valence-corrected chi connectivity index (χ4v) is 4.13. The summed E-state index contributed by atoms with van der Waals surface area (Å²) in [4.78, 5) is 28.3. The maximum absolute atomic E-state index is 13.5. The Morgan fingerprint density at radius 3 is 2.28 bits per heavy atom. The minimum atomic E-state index is -0.629. The normalized spacial score (nSPS) is 11.6. The number of hydrogen-bond donors (Lipinski definition) is 1. The van der Waals surface area contributed by atoms with E-state index in [2.05, 4.69) is 21.2 Å². The third kappa shape index (κ3) is 6.94. The molecule has 0 unspecified atom stereocenters. The molecule has 4 nitrogen and oxygen atoms in total. The van der Waals surface area contributed by atoms with Crippen LogP contribution in [-0.2, 0) is 29.0 Å². The molecule has 3 aromatic carbocycles. The molecule has 6 heteroatoms. The minimum Gasteiger partial charge on any atom is -0.355 e. The predicted octanol–water partition coefficient (Wildman–Crippen LogP) is 5.42. The number of carbonyl (C=O) groups is 2. The standard InChI is InChI=1S/C26H26BrClN2O2/c1-2-29-26(32)24(16-19-7-4-3-5-8-19)30(18-21-9-6-10-22(27)15-21)25(31)17-20-11-13-23(28)14-12-20/h3-15,24H,2,16-18H2,1H3,(H,29,32)/t24-/m1/s1. The van der Waals surface area contributed by atoms with E-state index >= 15 is 0 Å². The highest BCUT2D eigenvalue weighted by Gasteiger charge is 2.30. The van der Waals surface area contributed by atoms with Gasteiger partial charge in [0.25, 0.3) is 0 Å². The Morgan fingerprint density at radius 1 is 0.938 bits per heavy atom. The van der Waals surface area contributed by atoms with Gasteiger partial charge in [-0.05, 0) is 47.9 Å². The first-order valence-electron chi connectivity index (χ1n) is 10.6. The summed E-state index contributed by atoms with van der Waals surface area (Å²) in [6.45, 7) is 2.71. The van der Waals surface area contributed by atoms with E-state index in [-0.39, 0.29) is 18.2 Å². The largest absolute Gasteiger partial charge is 0.355 e. The number of hydrogen-bond acceptors (Lipinski definition) is 2. The molecule has 0 aliphatic rings. The number of carbonyl (C=O) groups excluding carboxylic acids is 2. The first-order chi connectivity index (χ1) is 15.5. The molecule has 0 spiro atoms. The highest BCUT2D eigenvalue weighted by atomic mass is 79.9. The lowest BCUT2D eigenvalue weighted by Crippen LogP contribution is -2.50. The van der Waals surface area contributed by atoms with Crippen molar-refractivity contribution in [3.63, 3.8) is 0 Å². The van der Waals surface area contributed by atoms with Crippen LogP contribution in [0.1, 0.15) is 23.6 Å². The van der Waals surface area contributed by atoms with E-state index in [1.54, 1.807) is 17.0 Å². The van der Waals surface area contributed by atoms with Gasteiger partial charge in [0.1, 0.15) is 6.04 Å². The zero-order valence-electron chi connectivity index (χ0n) is 17.9. The molecule has 0 aromatic heterocycles. The summed E-state index contributed by atoms with van der Waals surface area (Å²) in [7, 11) is 0. The summed E-state index contributed by atoms with van der Waals surface area (Å²) in [5, 5.41) is 3.53. The quantitative estimate of drug-likeness (QED) is 0.415. The molecular weight excluding hydrogens is 488 g/mol. The van der Waals surface area contributed by atoms with Gasteiger partial charge < -0.3 is 10.2 Å². The van der Waals surface area contributed by atoms with E-state index in [1.165, 1.54) is 0 Å². The van der Waals surface area contributed by atoms with E-state index in [4.69, 9.17) is 11.6 Å². The van der Waals surface area contributed by atoms with Crippen molar-refractivity contribution in [2.45, 2.75) is 32.4 Å². The number of likely N-dealkylation sites (N-methyl/N-ethyl adjacent to an activating group) is 1. The maximum atomic E-state index is 13.5. The van der Waals surface area contributed by atoms with E-state index in [0.717, 1.165) is 21.2 Å². The highest BCUT2D eigenvalue weighted by Crippen LogP contribution is 2.19. The minimum absolute atomic E-state index is 0.112. The molecule has 0 fully saturated rings. The lowest BCUT2D eigenvalue weighted by Gasteiger charge is -2.31. The van der Waals surface area contributed by atoms with Crippen LogP contribution in [0.25, 0.3) is 0 Å². The van der Waals surface area contributed by atoms with Crippen molar-refractivity contribution in [2.24, 2.45) is 0 Å². The average molecular weight is 514 g/mol. The van der Waals surface area contributed by atoms with Gasteiger partial charge in [-0.2, -0.15) is 0 Å². The average Bonchev–Trinajstić information content (AvgIpc) is 2.78. The second kappa shape index (κ2) is 11.8. The lowest BCUT2D eigenvalue weighted by atomic mass is 10.0. The molecule has 0 aliphatic carbocycles. The SMILES string of the molecule is CCNC(=O)[C@@H](Cc1ccccc1)N(Cc1cccc(Br)c1)C(=O)Cc1ccc(Cl)cc1. The summed E-state index contributed by atoms with van der Waals surface area (Å²) in [6, 6.07) is 24.2. The first-order valence-corrected chi connectivity index (χ1v) is 11.7. The van der Waals surface area contributed by atoms with Crippen molar-refractivity contribution in [1.82, 2.24) is 10.2 Å². The van der Waals surface area contributed by atoms with E-state index < -0.39 is 6.04 Å². The molecule has 3 aromatic rings. The van der Waals surface area contributed by atoms with Gasteiger partial charge in [-0.3, -0.25) is 9.59 Å². The summed E-state index contributed by atoms with van der Waals surface area (Å²) in [5.41, 5.74) is 2.81. The van der Waals surface area contributed by atoms with Crippen LogP contribution in [0.4, 0.5) is 0 Å². The van der Waals surface area contributed by atoms with Crippen LogP contribution in [0.2, 0.25) is 5.02 Å². The van der Waals surface area contributed by atoms with Crippen LogP contribution in [0.15, 0.2) is 83.3 Å². The van der Waals surface area contributed by atoms with Crippen molar-refractivity contribution in [3.8, 4) is 0 Å². The molecule has 1 atom stereocenters. The number of halogens is 2. The van der Waals surface area contributed by atoms with E-state index in [9.17, 15) is 9.59 Å². The van der Waals surface area contributed by atoms with Crippen LogP contribution in [0, 0.1) is 0 Å². The Balaban J connectivity index is 1.94. The first kappa shape index (κ1) is 24.0. The van der Waals surface area contributed by atoms with Crippen molar-refractivity contribution < 1.29 is 9.59 Å². The van der Waals surface area contributed by atoms with Crippen LogP contribution >= 0.6 is 27.5 Å². The van der Waals surface area contributed by atoms with Gasteiger partial charge in [0.15, 0.2) is 0 Å². The van der Waals surface area contributed by atoms with Crippen LogP contribution in [-0.4, -0.2) is 29.3 Å². The Bertz CT molecular complexity index is 1040. The molecule has 32 heavy (non-hydrogen) atoms. The summed E-state index contributed by atoms with van der Waals surface area (Å²) >= 11 is 9.50. The second-order valence-electron chi connectivity index (χ2n) is 7.55. The topological polar surface area (TPSA) is 49.4 Å². The summed E-state index contributed by atoms with van der Waals surface area (Å²) in [5.74, 6) is -0.268. The molecule has 166 valence electrons. The van der Waals surface area contributed by atoms with Gasteiger partial charge >= 0.3 is 0 Å². The van der Waals surface area contributed by atoms with Gasteiger partial charge in [-0.25, -0.2) is 0 Å². The third-order valence-electron chi connectivity index (χ3n) is 5.13. The zero-order valence-corrected chi connectivity index (χ0v) is 20.3. The van der Waals surface area contributed by atoms with Crippen LogP contribution in [0.5, 0.6) is 0 Å². The monoisotopic (exact) mass is 512 g/mol. The molecule has 2 amide bonds. The molecule has 0 radical (unpaired) electrons. The Kier molecular flexibility index (Phi) is 8.89. The third-order valence-corrected chi connectivity index (χ3v) is 5.88. The molecule has 0 bridgehead atoms. The fraction of sp³-hybridized carbons (Fsp3) is 0.231. The maximum Gasteiger partial charge on any atom is 0.243 e. The second-order valence-corrected chi connectivity index (χ2v) is 8.91. The molecule has 3 rings (SSSR count). The zero-order chi connectivity index (χ0) is 22.9. The highest BCUT2D eigenvalue weighted by molar-refractivity contribution is 9.10. The summed E-state index contributed by atoms with van der Waals surface area (Å²) in [6.07, 6.45) is 0.628. The number of nitrogens with one attached hydrogen (secondary N) is 1. The van der Waals surface area contributed by atoms with Gasteiger partial charge in [-0.1, -0.05) is 82.1 Å². The molecule has 0 heterocycles. The van der Waals surface area contributed by atoms with E-state index in [1.807, 2.05) is 73.7 Å². The van der Waals surface area contributed by atoms with Gasteiger partial charge in [-0.15, -0.1) is 0 Å². The van der Waals surface area contributed by atoms with Crippen molar-refractivity contribution >= 4 is 39.3 Å². The van der Waals surface area contributed by atoms with Gasteiger partial charge in [0.2, 0.25) is 11.8 Å². The number of benzene rings is 3. The predicted molar refractivity (Wildman–Crippen MR) is 132 cm³/mol. The van der Waals surface area contributed by atoms with Gasteiger partial charge in [0, 0.05) is 29.0 Å². The molecule has 0 aliphatic heterocycles. The van der Waals surface area contributed by atoms with Crippen molar-refractivity contribution in [3.05, 3.63) is 105 Å². The number of amides is 2. The molecule has 1 N–H and O–H groups in total. The lowest BCUT2D eigenvalue weighted by molar-refractivity contribution is -0.140. The molecular formula is C26H26BrClN2O2. The molecule has 0 saturated heterocycles. The summed E-state index contributed by atoms with van der Waals surface area (Å²) < 4.78 is 0.928. The number of rotatable bonds is 9. The Morgan fingerprint density at radius 2 is 1.62 bits per heavy atom. The van der Waals surface area contributed by atoms with Crippen LogP contribution in [0.3, 0.4) is 0 Å². The Labute approximate surface area is 202 Å².